The third-order valence-corrected chi connectivity index (χ3v) is 4.61. The fourth-order valence-electron chi connectivity index (χ4n) is 2.13. The zero-order valence-electron chi connectivity index (χ0n) is 14.4. The number of carbonyl (C=O) groups excluding carboxylic acids is 1. The molecule has 140 valence electrons. The minimum absolute atomic E-state index is 0.308. The van der Waals surface area contributed by atoms with Gasteiger partial charge in [0.05, 0.1) is 25.0 Å². The lowest BCUT2D eigenvalue weighted by atomic mass is 10.2. The van der Waals surface area contributed by atoms with Crippen LogP contribution in [0.2, 0.25) is 0 Å². The van der Waals surface area contributed by atoms with Crippen LogP contribution in [0.5, 0.6) is 11.5 Å². The van der Waals surface area contributed by atoms with E-state index >= 15 is 0 Å². The molecule has 0 aliphatic heterocycles. The van der Waals surface area contributed by atoms with Crippen molar-refractivity contribution in [2.45, 2.75) is 23.2 Å². The molecule has 2 rings (SSSR count). The molecule has 0 unspecified atom stereocenters. The van der Waals surface area contributed by atoms with Gasteiger partial charge in [0.25, 0.3) is 0 Å². The van der Waals surface area contributed by atoms with Gasteiger partial charge in [0.2, 0.25) is 5.91 Å². The van der Waals surface area contributed by atoms with Gasteiger partial charge in [0.15, 0.2) is 11.5 Å². The highest BCUT2D eigenvalue weighted by atomic mass is 32.2. The van der Waals surface area contributed by atoms with Crippen LogP contribution >= 0.6 is 11.8 Å². The molecule has 0 spiro atoms. The van der Waals surface area contributed by atoms with E-state index < -0.39 is 17.0 Å². The van der Waals surface area contributed by atoms with Gasteiger partial charge in [-0.2, -0.15) is 13.2 Å². The number of methoxy groups -OCH3 is 2. The number of benzene rings is 2. The van der Waals surface area contributed by atoms with Gasteiger partial charge < -0.3 is 14.8 Å². The fraction of sp³-hybridized carbons (Fsp3) is 0.278. The minimum atomic E-state index is -4.40. The van der Waals surface area contributed by atoms with E-state index in [-0.39, 0.29) is 5.91 Å². The van der Waals surface area contributed by atoms with Gasteiger partial charge in [-0.25, -0.2) is 0 Å². The van der Waals surface area contributed by atoms with Crippen LogP contribution in [0.15, 0.2) is 47.4 Å². The number of rotatable bonds is 6. The Bertz CT molecular complexity index is 763. The summed E-state index contributed by atoms with van der Waals surface area (Å²) in [5.74, 6) is 0.816. The molecule has 0 radical (unpaired) electrons. The summed E-state index contributed by atoms with van der Waals surface area (Å²) in [5.41, 5.74) is -0.453. The summed E-state index contributed by atoms with van der Waals surface area (Å²) >= 11 is 1.30. The van der Waals surface area contributed by atoms with Crippen LogP contribution in [0.1, 0.15) is 12.5 Å². The first-order valence-electron chi connectivity index (χ1n) is 7.61. The van der Waals surface area contributed by atoms with E-state index in [0.717, 1.165) is 17.0 Å². The lowest BCUT2D eigenvalue weighted by molar-refractivity contribution is -0.137. The van der Waals surface area contributed by atoms with Crippen molar-refractivity contribution in [1.82, 2.24) is 0 Å². The lowest BCUT2D eigenvalue weighted by Crippen LogP contribution is -2.22. The van der Waals surface area contributed by atoms with Gasteiger partial charge in [0, 0.05) is 10.6 Å². The molecule has 2 aromatic carbocycles. The van der Waals surface area contributed by atoms with E-state index in [9.17, 15) is 18.0 Å². The van der Waals surface area contributed by atoms with Crippen molar-refractivity contribution in [2.24, 2.45) is 0 Å². The molecule has 0 aliphatic carbocycles. The molecular weight excluding hydrogens is 367 g/mol. The molecule has 0 saturated carbocycles. The van der Waals surface area contributed by atoms with Crippen LogP contribution in [-0.2, 0) is 11.0 Å². The normalized spacial score (nSPS) is 12.4. The first-order chi connectivity index (χ1) is 12.2. The molecule has 2 aromatic rings. The smallest absolute Gasteiger partial charge is 0.416 e. The summed E-state index contributed by atoms with van der Waals surface area (Å²) in [6.07, 6.45) is -4.40. The maximum atomic E-state index is 12.6. The first-order valence-corrected chi connectivity index (χ1v) is 8.49. The molecule has 1 amide bonds. The van der Waals surface area contributed by atoms with Gasteiger partial charge in [-0.15, -0.1) is 11.8 Å². The van der Waals surface area contributed by atoms with E-state index in [1.165, 1.54) is 38.1 Å². The number of thioether (sulfide) groups is 1. The van der Waals surface area contributed by atoms with Crippen LogP contribution in [0.4, 0.5) is 18.9 Å². The first kappa shape index (κ1) is 20.0. The van der Waals surface area contributed by atoms with E-state index in [1.54, 1.807) is 25.1 Å². The third-order valence-electron chi connectivity index (χ3n) is 3.52. The van der Waals surface area contributed by atoms with Crippen molar-refractivity contribution in [3.63, 3.8) is 0 Å². The van der Waals surface area contributed by atoms with Crippen molar-refractivity contribution in [2.75, 3.05) is 19.5 Å². The summed E-state index contributed by atoms with van der Waals surface area (Å²) in [4.78, 5) is 13.1. The molecule has 26 heavy (non-hydrogen) atoms. The zero-order chi connectivity index (χ0) is 19.3. The summed E-state index contributed by atoms with van der Waals surface area (Å²) in [6.45, 7) is 1.71. The molecule has 0 bridgehead atoms. The molecule has 0 saturated heterocycles. The second kappa shape index (κ2) is 8.35. The van der Waals surface area contributed by atoms with E-state index in [4.69, 9.17) is 9.47 Å². The number of carbonyl (C=O) groups is 1. The van der Waals surface area contributed by atoms with E-state index in [0.29, 0.717) is 17.2 Å². The van der Waals surface area contributed by atoms with Crippen molar-refractivity contribution in [1.29, 1.82) is 0 Å². The number of halogens is 3. The van der Waals surface area contributed by atoms with Crippen molar-refractivity contribution >= 4 is 23.4 Å². The number of nitrogens with one attached hydrogen (secondary N) is 1. The number of hydrogen-bond acceptors (Lipinski definition) is 4. The van der Waals surface area contributed by atoms with Crippen LogP contribution in [0.3, 0.4) is 0 Å². The van der Waals surface area contributed by atoms with Crippen molar-refractivity contribution in [3.8, 4) is 11.5 Å². The highest BCUT2D eigenvalue weighted by Gasteiger charge is 2.30. The molecule has 1 N–H and O–H groups in total. The maximum absolute atomic E-state index is 12.6. The maximum Gasteiger partial charge on any atom is 0.416 e. The quantitative estimate of drug-likeness (QED) is 0.723. The Balaban J connectivity index is 2.01. The average molecular weight is 385 g/mol. The van der Waals surface area contributed by atoms with Gasteiger partial charge in [-0.3, -0.25) is 4.79 Å². The third kappa shape index (κ3) is 5.08. The summed E-state index contributed by atoms with van der Waals surface area (Å²) < 4.78 is 48.1. The topological polar surface area (TPSA) is 47.6 Å². The monoisotopic (exact) mass is 385 g/mol. The van der Waals surface area contributed by atoms with E-state index in [2.05, 4.69) is 5.32 Å². The predicted molar refractivity (Wildman–Crippen MR) is 94.9 cm³/mol. The van der Waals surface area contributed by atoms with Crippen LogP contribution in [-0.4, -0.2) is 25.4 Å². The van der Waals surface area contributed by atoms with Crippen molar-refractivity contribution in [3.05, 3.63) is 48.0 Å². The van der Waals surface area contributed by atoms with Crippen molar-refractivity contribution < 1.29 is 27.4 Å². The number of amides is 1. The SMILES string of the molecule is COc1ccc(S[C@@H](C)C(=O)Nc2ccc(C(F)(F)F)cc2)cc1OC. The Labute approximate surface area is 153 Å². The Kier molecular flexibility index (Phi) is 6.42. The molecule has 0 fully saturated rings. The van der Waals surface area contributed by atoms with Gasteiger partial charge in [0.1, 0.15) is 0 Å². The Morgan fingerprint density at radius 2 is 1.65 bits per heavy atom. The summed E-state index contributed by atoms with van der Waals surface area (Å²) in [7, 11) is 3.05. The average Bonchev–Trinajstić information content (AvgIpc) is 2.61. The van der Waals surface area contributed by atoms with E-state index in [1.807, 2.05) is 0 Å². The highest BCUT2D eigenvalue weighted by Crippen LogP contribution is 2.34. The summed E-state index contributed by atoms with van der Waals surface area (Å²) in [6, 6.07) is 9.62. The number of hydrogen-bond donors (Lipinski definition) is 1. The molecule has 1 atom stereocenters. The Hall–Kier alpha value is -2.35. The van der Waals surface area contributed by atoms with Crippen LogP contribution in [0.25, 0.3) is 0 Å². The van der Waals surface area contributed by atoms with Gasteiger partial charge >= 0.3 is 6.18 Å². The summed E-state index contributed by atoms with van der Waals surface area (Å²) in [5, 5.41) is 2.15. The lowest BCUT2D eigenvalue weighted by Gasteiger charge is -2.14. The molecule has 4 nitrogen and oxygen atoms in total. The molecular formula is C18H18F3NO3S. The van der Waals surface area contributed by atoms with Crippen LogP contribution < -0.4 is 14.8 Å². The number of anilines is 1. The minimum Gasteiger partial charge on any atom is -0.493 e. The standard InChI is InChI=1S/C18H18F3NO3S/c1-11(26-14-8-9-15(24-2)16(10-14)25-3)17(23)22-13-6-4-12(5-7-13)18(19,20)21/h4-11H,1-3H3,(H,22,23)/t11-/m0/s1. The largest absolute Gasteiger partial charge is 0.493 e. The number of ether oxygens (including phenoxy) is 2. The molecule has 8 heteroatoms. The predicted octanol–water partition coefficient (Wildman–Crippen LogP) is 4.84. The van der Waals surface area contributed by atoms with Gasteiger partial charge in [-0.1, -0.05) is 0 Å². The second-order valence-electron chi connectivity index (χ2n) is 5.34. The Morgan fingerprint density at radius 1 is 1.04 bits per heavy atom. The zero-order valence-corrected chi connectivity index (χ0v) is 15.2. The fourth-order valence-corrected chi connectivity index (χ4v) is 3.03. The molecule has 0 aromatic heterocycles. The molecule has 0 aliphatic rings. The Morgan fingerprint density at radius 3 is 2.19 bits per heavy atom. The van der Waals surface area contributed by atoms with Gasteiger partial charge in [-0.05, 0) is 49.4 Å². The highest BCUT2D eigenvalue weighted by molar-refractivity contribution is 8.00. The second-order valence-corrected chi connectivity index (χ2v) is 6.76. The molecule has 0 heterocycles. The number of alkyl halides is 3. The van der Waals surface area contributed by atoms with Crippen LogP contribution in [0, 0.1) is 0 Å².